The molecule has 2 N–H and O–H groups in total. The Labute approximate surface area is 97.1 Å². The van der Waals surface area contributed by atoms with Gasteiger partial charge in [-0.15, -0.1) is 0 Å². The maximum atomic E-state index is 11.7. The largest absolute Gasteiger partial charge is 0.440 e. The number of halogens is 3. The summed E-state index contributed by atoms with van der Waals surface area (Å²) in [5.41, 5.74) is 0. The first-order chi connectivity index (χ1) is 7.87. The van der Waals surface area contributed by atoms with Crippen LogP contribution in [0.3, 0.4) is 0 Å². The van der Waals surface area contributed by atoms with Gasteiger partial charge in [0.15, 0.2) is 6.61 Å². The molecule has 1 saturated carbocycles. The number of aliphatic hydroxyl groups excluding tert-OH is 1. The number of aliphatic hydroxyl groups is 1. The van der Waals surface area contributed by atoms with Crippen molar-refractivity contribution in [2.75, 3.05) is 13.2 Å². The van der Waals surface area contributed by atoms with E-state index < -0.39 is 18.9 Å². The Morgan fingerprint density at radius 3 is 2.41 bits per heavy atom. The van der Waals surface area contributed by atoms with Crippen LogP contribution < -0.4 is 5.32 Å². The molecule has 100 valence electrons. The molecule has 1 amide bonds. The zero-order chi connectivity index (χ0) is 12.9. The first-order valence-electron chi connectivity index (χ1n) is 5.52. The van der Waals surface area contributed by atoms with Crippen LogP contribution in [0.5, 0.6) is 0 Å². The van der Waals surface area contributed by atoms with Crippen molar-refractivity contribution in [3.63, 3.8) is 0 Å². The van der Waals surface area contributed by atoms with E-state index in [0.717, 1.165) is 12.8 Å². The monoisotopic (exact) mass is 255 g/mol. The Balaban J connectivity index is 2.11. The summed E-state index contributed by atoms with van der Waals surface area (Å²) in [6.45, 7) is -1.27. The van der Waals surface area contributed by atoms with E-state index in [0.29, 0.717) is 19.4 Å². The molecule has 7 heteroatoms. The number of alkyl halides is 3. The van der Waals surface area contributed by atoms with Crippen LogP contribution >= 0.6 is 0 Å². The average Bonchev–Trinajstić information content (AvgIpc) is 2.25. The highest BCUT2D eigenvalue weighted by Gasteiger charge is 2.29. The van der Waals surface area contributed by atoms with E-state index in [9.17, 15) is 23.1 Å². The van der Waals surface area contributed by atoms with Crippen molar-refractivity contribution in [1.82, 2.24) is 5.32 Å². The summed E-state index contributed by atoms with van der Waals surface area (Å²) in [6, 6.07) is 0. The number of rotatable bonds is 3. The van der Waals surface area contributed by atoms with Gasteiger partial charge < -0.3 is 15.2 Å². The summed E-state index contributed by atoms with van der Waals surface area (Å²) in [7, 11) is 0. The van der Waals surface area contributed by atoms with Crippen molar-refractivity contribution in [2.45, 2.75) is 38.0 Å². The van der Waals surface area contributed by atoms with Gasteiger partial charge in [0, 0.05) is 6.54 Å². The number of carbonyl (C=O) groups is 1. The third-order valence-corrected chi connectivity index (χ3v) is 2.72. The summed E-state index contributed by atoms with van der Waals surface area (Å²) < 4.78 is 39.2. The quantitative estimate of drug-likeness (QED) is 0.808. The fourth-order valence-corrected chi connectivity index (χ4v) is 1.78. The summed E-state index contributed by atoms with van der Waals surface area (Å²) in [5, 5.41) is 11.5. The molecule has 0 aromatic rings. The van der Waals surface area contributed by atoms with Crippen molar-refractivity contribution < 1.29 is 27.8 Å². The van der Waals surface area contributed by atoms with Gasteiger partial charge in [-0.25, -0.2) is 4.79 Å². The van der Waals surface area contributed by atoms with Gasteiger partial charge in [0.05, 0.1) is 6.10 Å². The lowest BCUT2D eigenvalue weighted by Crippen LogP contribution is -2.34. The van der Waals surface area contributed by atoms with Crippen LogP contribution in [0, 0.1) is 5.92 Å². The zero-order valence-electron chi connectivity index (χ0n) is 9.29. The summed E-state index contributed by atoms with van der Waals surface area (Å²) >= 11 is 0. The van der Waals surface area contributed by atoms with Crippen LogP contribution in [0.2, 0.25) is 0 Å². The molecule has 0 bridgehead atoms. The topological polar surface area (TPSA) is 58.6 Å². The zero-order valence-corrected chi connectivity index (χ0v) is 9.29. The van der Waals surface area contributed by atoms with E-state index in [-0.39, 0.29) is 12.0 Å². The molecule has 1 aliphatic rings. The average molecular weight is 255 g/mol. The Bertz CT molecular complexity index is 250. The van der Waals surface area contributed by atoms with E-state index >= 15 is 0 Å². The molecule has 1 aliphatic carbocycles. The summed E-state index contributed by atoms with van der Waals surface area (Å²) in [6.07, 6.45) is -2.96. The van der Waals surface area contributed by atoms with Gasteiger partial charge in [0.25, 0.3) is 0 Å². The molecule has 0 saturated heterocycles. The molecule has 0 aromatic heterocycles. The SMILES string of the molecule is O=C(NCC1CCC(O)CC1)OCC(F)(F)F. The maximum Gasteiger partial charge on any atom is 0.422 e. The van der Waals surface area contributed by atoms with E-state index in [4.69, 9.17) is 0 Å². The fraction of sp³-hybridized carbons (Fsp3) is 0.900. The first kappa shape index (κ1) is 14.1. The Hall–Kier alpha value is -0.980. The third kappa shape index (κ3) is 6.35. The molecule has 1 rings (SSSR count). The minimum atomic E-state index is -4.49. The predicted molar refractivity (Wildman–Crippen MR) is 53.4 cm³/mol. The molecular weight excluding hydrogens is 239 g/mol. The molecule has 0 atom stereocenters. The van der Waals surface area contributed by atoms with Crippen LogP contribution in [0.15, 0.2) is 0 Å². The predicted octanol–water partition coefficient (Wildman–Crippen LogP) is 1.83. The molecule has 1 fully saturated rings. The van der Waals surface area contributed by atoms with Gasteiger partial charge in [0.2, 0.25) is 0 Å². The van der Waals surface area contributed by atoms with Gasteiger partial charge in [0.1, 0.15) is 0 Å². The van der Waals surface area contributed by atoms with Crippen LogP contribution in [-0.4, -0.2) is 36.6 Å². The highest BCUT2D eigenvalue weighted by molar-refractivity contribution is 5.67. The van der Waals surface area contributed by atoms with Crippen molar-refractivity contribution in [3.8, 4) is 0 Å². The lowest BCUT2D eigenvalue weighted by Gasteiger charge is -2.25. The number of hydrogen-bond donors (Lipinski definition) is 2. The summed E-state index contributed by atoms with van der Waals surface area (Å²) in [5.74, 6) is 0.205. The molecule has 0 unspecified atom stereocenters. The highest BCUT2D eigenvalue weighted by Crippen LogP contribution is 2.23. The minimum Gasteiger partial charge on any atom is -0.440 e. The van der Waals surface area contributed by atoms with E-state index in [1.165, 1.54) is 0 Å². The molecule has 17 heavy (non-hydrogen) atoms. The number of nitrogens with one attached hydrogen (secondary N) is 1. The normalized spacial score (nSPS) is 25.4. The van der Waals surface area contributed by atoms with E-state index in [2.05, 4.69) is 10.1 Å². The van der Waals surface area contributed by atoms with Gasteiger partial charge in [-0.3, -0.25) is 0 Å². The number of ether oxygens (including phenoxy) is 1. The second-order valence-electron chi connectivity index (χ2n) is 4.25. The molecule has 0 radical (unpaired) electrons. The fourth-order valence-electron chi connectivity index (χ4n) is 1.78. The molecular formula is C10H16F3NO3. The van der Waals surface area contributed by atoms with Crippen molar-refractivity contribution in [3.05, 3.63) is 0 Å². The molecule has 0 heterocycles. The number of carbonyl (C=O) groups excluding carboxylic acids is 1. The smallest absolute Gasteiger partial charge is 0.422 e. The third-order valence-electron chi connectivity index (χ3n) is 2.72. The molecule has 0 aliphatic heterocycles. The van der Waals surface area contributed by atoms with Gasteiger partial charge in [-0.1, -0.05) is 0 Å². The second-order valence-corrected chi connectivity index (χ2v) is 4.25. The standard InChI is InChI=1S/C10H16F3NO3/c11-10(12,13)6-17-9(16)14-5-7-1-3-8(15)4-2-7/h7-8,15H,1-6H2,(H,14,16). The van der Waals surface area contributed by atoms with Crippen LogP contribution in [0.1, 0.15) is 25.7 Å². The summed E-state index contributed by atoms with van der Waals surface area (Å²) in [4.78, 5) is 10.9. The maximum absolute atomic E-state index is 11.7. The number of hydrogen-bond acceptors (Lipinski definition) is 3. The molecule has 4 nitrogen and oxygen atoms in total. The van der Waals surface area contributed by atoms with Gasteiger partial charge in [-0.2, -0.15) is 13.2 Å². The van der Waals surface area contributed by atoms with Crippen molar-refractivity contribution in [2.24, 2.45) is 5.92 Å². The van der Waals surface area contributed by atoms with Crippen molar-refractivity contribution in [1.29, 1.82) is 0 Å². The molecule has 0 spiro atoms. The van der Waals surface area contributed by atoms with E-state index in [1.807, 2.05) is 0 Å². The highest BCUT2D eigenvalue weighted by atomic mass is 19.4. The lowest BCUT2D eigenvalue weighted by molar-refractivity contribution is -0.160. The first-order valence-corrected chi connectivity index (χ1v) is 5.52. The minimum absolute atomic E-state index is 0.205. The number of alkyl carbamates (subject to hydrolysis) is 1. The van der Waals surface area contributed by atoms with Crippen molar-refractivity contribution >= 4 is 6.09 Å². The van der Waals surface area contributed by atoms with Crippen LogP contribution in [0.4, 0.5) is 18.0 Å². The lowest BCUT2D eigenvalue weighted by atomic mass is 9.87. The van der Waals surface area contributed by atoms with E-state index in [1.54, 1.807) is 0 Å². The molecule has 0 aromatic carbocycles. The number of amides is 1. The Morgan fingerprint density at radius 1 is 1.29 bits per heavy atom. The Kier molecular flexibility index (Phi) is 5.04. The van der Waals surface area contributed by atoms with Crippen LogP contribution in [-0.2, 0) is 4.74 Å². The Morgan fingerprint density at radius 2 is 1.88 bits per heavy atom. The van der Waals surface area contributed by atoms with Gasteiger partial charge in [-0.05, 0) is 31.6 Å². The second kappa shape index (κ2) is 6.09. The van der Waals surface area contributed by atoms with Crippen LogP contribution in [0.25, 0.3) is 0 Å². The van der Waals surface area contributed by atoms with Gasteiger partial charge >= 0.3 is 12.3 Å².